The molecule has 0 radical (unpaired) electrons. The third-order valence-corrected chi connectivity index (χ3v) is 2.98. The van der Waals surface area contributed by atoms with E-state index < -0.39 is 5.97 Å². The number of benzene rings is 1. The van der Waals surface area contributed by atoms with Crippen LogP contribution in [-0.4, -0.2) is 30.2 Å². The molecule has 0 fully saturated rings. The lowest BCUT2D eigenvalue weighted by Crippen LogP contribution is -2.37. The van der Waals surface area contributed by atoms with Crippen LogP contribution in [0.3, 0.4) is 0 Å². The molecular weight excluding hydrogens is 256 g/mol. The second-order valence-corrected chi connectivity index (χ2v) is 4.60. The number of aryl methyl sites for hydroxylation is 1. The Morgan fingerprint density at radius 3 is 2.25 bits per heavy atom. The predicted octanol–water partition coefficient (Wildman–Crippen LogP) is 1.96. The third kappa shape index (κ3) is 6.78. The molecule has 0 aromatic heterocycles. The first-order valence-electron chi connectivity index (χ1n) is 6.93. The van der Waals surface area contributed by atoms with Gasteiger partial charge in [0.25, 0.3) is 0 Å². The monoisotopic (exact) mass is 278 g/mol. The summed E-state index contributed by atoms with van der Waals surface area (Å²) in [6, 6.07) is 8.10. The second-order valence-electron chi connectivity index (χ2n) is 4.60. The van der Waals surface area contributed by atoms with Crippen molar-refractivity contribution in [3.63, 3.8) is 0 Å². The van der Waals surface area contributed by atoms with Gasteiger partial charge in [-0.1, -0.05) is 31.2 Å². The standard InChI is InChI=1S/C15H22N2O3/c1-2-12-5-7-13(8-6-12)9-11-17-15(20)16-10-3-4-14(18)19/h5-8H,2-4,9-11H2,1H3,(H,18,19)(H2,16,17,20). The summed E-state index contributed by atoms with van der Waals surface area (Å²) < 4.78 is 0. The van der Waals surface area contributed by atoms with Crippen molar-refractivity contribution in [2.24, 2.45) is 0 Å². The maximum Gasteiger partial charge on any atom is 0.314 e. The van der Waals surface area contributed by atoms with E-state index in [0.29, 0.717) is 19.5 Å². The summed E-state index contributed by atoms with van der Waals surface area (Å²) in [5.74, 6) is -0.845. The molecule has 1 rings (SSSR count). The molecule has 20 heavy (non-hydrogen) atoms. The van der Waals surface area contributed by atoms with Crippen LogP contribution in [0.1, 0.15) is 30.9 Å². The van der Waals surface area contributed by atoms with Gasteiger partial charge in [-0.05, 0) is 30.4 Å². The average molecular weight is 278 g/mol. The zero-order valence-electron chi connectivity index (χ0n) is 11.8. The molecule has 0 aliphatic heterocycles. The molecule has 1 aromatic carbocycles. The van der Waals surface area contributed by atoms with Crippen molar-refractivity contribution in [2.45, 2.75) is 32.6 Å². The van der Waals surface area contributed by atoms with Gasteiger partial charge in [-0.2, -0.15) is 0 Å². The number of amides is 2. The maximum absolute atomic E-state index is 11.4. The molecule has 0 aliphatic carbocycles. The summed E-state index contributed by atoms with van der Waals surface area (Å²) in [5, 5.41) is 13.8. The largest absolute Gasteiger partial charge is 0.481 e. The SMILES string of the molecule is CCc1ccc(CCNC(=O)NCCCC(=O)O)cc1. The van der Waals surface area contributed by atoms with Gasteiger partial charge >= 0.3 is 12.0 Å². The number of rotatable bonds is 8. The van der Waals surface area contributed by atoms with E-state index >= 15 is 0 Å². The Labute approximate surface area is 119 Å². The Hall–Kier alpha value is -2.04. The van der Waals surface area contributed by atoms with Crippen LogP contribution in [0.5, 0.6) is 0 Å². The topological polar surface area (TPSA) is 78.4 Å². The van der Waals surface area contributed by atoms with Crippen molar-refractivity contribution in [3.8, 4) is 0 Å². The Kier molecular flexibility index (Phi) is 7.17. The van der Waals surface area contributed by atoms with E-state index in [1.165, 1.54) is 11.1 Å². The molecule has 2 amide bonds. The van der Waals surface area contributed by atoms with Gasteiger partial charge in [0.05, 0.1) is 0 Å². The molecule has 5 heteroatoms. The smallest absolute Gasteiger partial charge is 0.314 e. The highest BCUT2D eigenvalue weighted by Crippen LogP contribution is 2.05. The molecular formula is C15H22N2O3. The molecule has 0 bridgehead atoms. The number of nitrogens with one attached hydrogen (secondary N) is 2. The minimum Gasteiger partial charge on any atom is -0.481 e. The minimum absolute atomic E-state index is 0.0735. The van der Waals surface area contributed by atoms with Crippen molar-refractivity contribution in [2.75, 3.05) is 13.1 Å². The van der Waals surface area contributed by atoms with Gasteiger partial charge in [-0.15, -0.1) is 0 Å². The average Bonchev–Trinajstić information content (AvgIpc) is 2.44. The van der Waals surface area contributed by atoms with Crippen LogP contribution >= 0.6 is 0 Å². The van der Waals surface area contributed by atoms with Crippen molar-refractivity contribution in [1.82, 2.24) is 10.6 Å². The molecule has 0 spiro atoms. The Morgan fingerprint density at radius 1 is 1.05 bits per heavy atom. The van der Waals surface area contributed by atoms with Gasteiger partial charge in [0.1, 0.15) is 0 Å². The third-order valence-electron chi connectivity index (χ3n) is 2.98. The molecule has 0 saturated heterocycles. The lowest BCUT2D eigenvalue weighted by Gasteiger charge is -2.07. The lowest BCUT2D eigenvalue weighted by molar-refractivity contribution is -0.137. The molecule has 5 nitrogen and oxygen atoms in total. The summed E-state index contributed by atoms with van der Waals surface area (Å²) >= 11 is 0. The van der Waals surface area contributed by atoms with Crippen LogP contribution < -0.4 is 10.6 Å². The van der Waals surface area contributed by atoms with E-state index in [4.69, 9.17) is 5.11 Å². The molecule has 1 aromatic rings. The first kappa shape index (κ1) is 16.0. The summed E-state index contributed by atoms with van der Waals surface area (Å²) in [6.07, 6.45) is 2.33. The van der Waals surface area contributed by atoms with Crippen molar-refractivity contribution >= 4 is 12.0 Å². The predicted molar refractivity (Wildman–Crippen MR) is 77.8 cm³/mol. The Bertz CT molecular complexity index is 429. The first-order chi connectivity index (χ1) is 9.61. The quantitative estimate of drug-likeness (QED) is 0.636. The molecule has 0 saturated carbocycles. The van der Waals surface area contributed by atoms with E-state index in [9.17, 15) is 9.59 Å². The van der Waals surface area contributed by atoms with Gasteiger partial charge in [0, 0.05) is 19.5 Å². The number of hydrogen-bond acceptors (Lipinski definition) is 2. The van der Waals surface area contributed by atoms with Crippen molar-refractivity contribution < 1.29 is 14.7 Å². The molecule has 0 unspecified atom stereocenters. The lowest BCUT2D eigenvalue weighted by atomic mass is 10.1. The van der Waals surface area contributed by atoms with Gasteiger partial charge < -0.3 is 15.7 Å². The zero-order valence-corrected chi connectivity index (χ0v) is 11.8. The van der Waals surface area contributed by atoms with Crippen LogP contribution in [0.4, 0.5) is 4.79 Å². The number of carbonyl (C=O) groups excluding carboxylic acids is 1. The van der Waals surface area contributed by atoms with Gasteiger partial charge in [-0.3, -0.25) is 4.79 Å². The minimum atomic E-state index is -0.845. The van der Waals surface area contributed by atoms with Gasteiger partial charge in [-0.25, -0.2) is 4.79 Å². The Morgan fingerprint density at radius 2 is 1.65 bits per heavy atom. The van der Waals surface area contributed by atoms with Crippen LogP contribution in [-0.2, 0) is 17.6 Å². The van der Waals surface area contributed by atoms with Gasteiger partial charge in [0.15, 0.2) is 0 Å². The molecule has 0 atom stereocenters. The number of aliphatic carboxylic acids is 1. The number of urea groups is 1. The van der Waals surface area contributed by atoms with E-state index in [1.54, 1.807) is 0 Å². The normalized spacial score (nSPS) is 10.1. The van der Waals surface area contributed by atoms with E-state index in [0.717, 1.165) is 12.8 Å². The summed E-state index contributed by atoms with van der Waals surface area (Å²) in [5.41, 5.74) is 2.49. The highest BCUT2D eigenvalue weighted by atomic mass is 16.4. The van der Waals surface area contributed by atoms with Crippen LogP contribution in [0, 0.1) is 0 Å². The van der Waals surface area contributed by atoms with Crippen LogP contribution in [0.15, 0.2) is 24.3 Å². The van der Waals surface area contributed by atoms with Crippen molar-refractivity contribution in [3.05, 3.63) is 35.4 Å². The van der Waals surface area contributed by atoms with E-state index in [1.807, 2.05) is 0 Å². The fourth-order valence-electron chi connectivity index (χ4n) is 1.77. The van der Waals surface area contributed by atoms with E-state index in [-0.39, 0.29) is 12.5 Å². The maximum atomic E-state index is 11.4. The molecule has 0 aliphatic rings. The zero-order chi connectivity index (χ0) is 14.8. The number of hydrogen-bond donors (Lipinski definition) is 3. The number of carbonyl (C=O) groups is 2. The first-order valence-corrected chi connectivity index (χ1v) is 6.93. The number of carboxylic acid groups (broad SMARTS) is 1. The van der Waals surface area contributed by atoms with E-state index in [2.05, 4.69) is 41.8 Å². The van der Waals surface area contributed by atoms with Crippen LogP contribution in [0.2, 0.25) is 0 Å². The fraction of sp³-hybridized carbons (Fsp3) is 0.467. The highest BCUT2D eigenvalue weighted by molar-refractivity contribution is 5.73. The van der Waals surface area contributed by atoms with Crippen LogP contribution in [0.25, 0.3) is 0 Å². The number of carboxylic acids is 1. The molecule has 110 valence electrons. The summed E-state index contributed by atoms with van der Waals surface area (Å²) in [4.78, 5) is 21.7. The summed E-state index contributed by atoms with van der Waals surface area (Å²) in [7, 11) is 0. The highest BCUT2D eigenvalue weighted by Gasteiger charge is 2.01. The van der Waals surface area contributed by atoms with Gasteiger partial charge in [0.2, 0.25) is 0 Å². The Balaban J connectivity index is 2.13. The second kappa shape index (κ2) is 8.96. The molecule has 3 N–H and O–H groups in total. The molecule has 0 heterocycles. The fourth-order valence-corrected chi connectivity index (χ4v) is 1.77. The summed E-state index contributed by atoms with van der Waals surface area (Å²) in [6.45, 7) is 3.06. The van der Waals surface area contributed by atoms with Crippen molar-refractivity contribution in [1.29, 1.82) is 0 Å².